The van der Waals surface area contributed by atoms with Crippen LogP contribution in [0.4, 0.5) is 20.7 Å². The van der Waals surface area contributed by atoms with Crippen LogP contribution in [0.2, 0.25) is 0 Å². The third kappa shape index (κ3) is 4.32. The van der Waals surface area contributed by atoms with Gasteiger partial charge in [-0.2, -0.15) is 4.37 Å². The summed E-state index contributed by atoms with van der Waals surface area (Å²) in [6.07, 6.45) is 3.68. The summed E-state index contributed by atoms with van der Waals surface area (Å²) in [6, 6.07) is 9.54. The van der Waals surface area contributed by atoms with Gasteiger partial charge in [0.2, 0.25) is 0 Å². The zero-order valence-corrected chi connectivity index (χ0v) is 19.4. The smallest absolute Gasteiger partial charge is 0.410 e. The molecular weight excluding hydrogens is 441 g/mol. The SMILES string of the molecule is CC(C)(C)OC(=O)N1CCC(c2ccc3ncnc(Nc4ccc5cnsc5c4F)c3c2)C1. The minimum absolute atomic E-state index is 0.181. The third-order valence-electron chi connectivity index (χ3n) is 5.69. The molecule has 0 bridgehead atoms. The van der Waals surface area contributed by atoms with Gasteiger partial charge in [-0.25, -0.2) is 19.2 Å². The van der Waals surface area contributed by atoms with Crippen LogP contribution in [0, 0.1) is 5.82 Å². The number of nitrogens with one attached hydrogen (secondary N) is 1. The third-order valence-corrected chi connectivity index (χ3v) is 6.50. The number of nitrogens with zero attached hydrogens (tertiary/aromatic N) is 4. The molecule has 0 spiro atoms. The van der Waals surface area contributed by atoms with E-state index < -0.39 is 5.60 Å². The van der Waals surface area contributed by atoms with Crippen LogP contribution in [0.25, 0.3) is 21.0 Å². The van der Waals surface area contributed by atoms with Crippen LogP contribution >= 0.6 is 11.5 Å². The predicted octanol–water partition coefficient (Wildman–Crippen LogP) is 5.85. The monoisotopic (exact) mass is 465 g/mol. The topological polar surface area (TPSA) is 80.2 Å². The van der Waals surface area contributed by atoms with Crippen molar-refractivity contribution in [3.05, 3.63) is 54.2 Å². The zero-order valence-electron chi connectivity index (χ0n) is 18.6. The van der Waals surface area contributed by atoms with E-state index in [0.717, 1.165) is 39.8 Å². The largest absolute Gasteiger partial charge is 0.444 e. The van der Waals surface area contributed by atoms with E-state index in [2.05, 4.69) is 19.7 Å². The van der Waals surface area contributed by atoms with Crippen LogP contribution in [-0.4, -0.2) is 44.0 Å². The molecule has 5 rings (SSSR count). The molecule has 1 saturated heterocycles. The lowest BCUT2D eigenvalue weighted by Gasteiger charge is -2.24. The lowest BCUT2D eigenvalue weighted by Crippen LogP contribution is -2.35. The second-order valence-electron chi connectivity index (χ2n) is 9.21. The number of rotatable bonds is 3. The average molecular weight is 466 g/mol. The van der Waals surface area contributed by atoms with Crippen LogP contribution in [0.15, 0.2) is 42.9 Å². The van der Waals surface area contributed by atoms with Gasteiger partial charge in [-0.1, -0.05) is 6.07 Å². The Kier molecular flexibility index (Phi) is 5.36. The standard InChI is InChI=1S/C24H24FN5O2S/c1-24(2,3)32-23(31)30-9-8-16(12-30)14-4-6-18-17(10-14)22(27-13-26-18)29-19-7-5-15-11-28-33-21(15)20(19)25/h4-7,10-11,13,16H,8-9,12H2,1-3H3,(H,26,27,29). The van der Waals surface area contributed by atoms with Gasteiger partial charge >= 0.3 is 6.09 Å². The molecule has 3 heterocycles. The van der Waals surface area contributed by atoms with Crippen molar-refractivity contribution in [1.82, 2.24) is 19.2 Å². The van der Waals surface area contributed by atoms with Crippen molar-refractivity contribution in [1.29, 1.82) is 0 Å². The lowest BCUT2D eigenvalue weighted by molar-refractivity contribution is 0.0292. The predicted molar refractivity (Wildman–Crippen MR) is 128 cm³/mol. The number of hydrogen-bond donors (Lipinski definition) is 1. The van der Waals surface area contributed by atoms with Gasteiger partial charge in [-0.3, -0.25) is 0 Å². The molecule has 33 heavy (non-hydrogen) atoms. The van der Waals surface area contributed by atoms with Gasteiger partial charge in [0.15, 0.2) is 5.82 Å². The maximum atomic E-state index is 15.0. The zero-order chi connectivity index (χ0) is 23.2. The number of likely N-dealkylation sites (tertiary alicyclic amines) is 1. The Morgan fingerprint density at radius 1 is 1.24 bits per heavy atom. The van der Waals surface area contributed by atoms with Crippen LogP contribution in [-0.2, 0) is 4.74 Å². The van der Waals surface area contributed by atoms with Gasteiger partial charge in [0.1, 0.15) is 17.7 Å². The Bertz CT molecular complexity index is 1350. The molecule has 1 atom stereocenters. The number of carbonyl (C=O) groups is 1. The van der Waals surface area contributed by atoms with Crippen molar-refractivity contribution in [2.24, 2.45) is 0 Å². The number of benzene rings is 2. The number of aromatic nitrogens is 3. The maximum Gasteiger partial charge on any atom is 0.410 e. The molecule has 0 saturated carbocycles. The summed E-state index contributed by atoms with van der Waals surface area (Å²) < 4.78 is 25.1. The van der Waals surface area contributed by atoms with Gasteiger partial charge in [-0.15, -0.1) is 0 Å². The van der Waals surface area contributed by atoms with Gasteiger partial charge < -0.3 is 15.0 Å². The highest BCUT2D eigenvalue weighted by Gasteiger charge is 2.30. The minimum Gasteiger partial charge on any atom is -0.444 e. The molecule has 0 radical (unpaired) electrons. The fourth-order valence-corrected chi connectivity index (χ4v) is 4.77. The van der Waals surface area contributed by atoms with Crippen molar-refractivity contribution in [3.8, 4) is 0 Å². The Morgan fingerprint density at radius 2 is 2.09 bits per heavy atom. The molecule has 1 amide bonds. The van der Waals surface area contributed by atoms with Gasteiger partial charge in [0.05, 0.1) is 15.9 Å². The van der Waals surface area contributed by atoms with E-state index in [9.17, 15) is 9.18 Å². The summed E-state index contributed by atoms with van der Waals surface area (Å²) in [7, 11) is 0. The molecule has 1 aliphatic heterocycles. The van der Waals surface area contributed by atoms with Crippen molar-refractivity contribution >= 4 is 50.1 Å². The minimum atomic E-state index is -0.520. The first kappa shape index (κ1) is 21.5. The van der Waals surface area contributed by atoms with E-state index in [0.29, 0.717) is 29.3 Å². The highest BCUT2D eigenvalue weighted by atomic mass is 32.1. The van der Waals surface area contributed by atoms with Crippen molar-refractivity contribution in [3.63, 3.8) is 0 Å². The maximum absolute atomic E-state index is 15.0. The van der Waals surface area contributed by atoms with Crippen LogP contribution in [0.5, 0.6) is 0 Å². The molecule has 7 nitrogen and oxygen atoms in total. The molecule has 170 valence electrons. The van der Waals surface area contributed by atoms with Crippen molar-refractivity contribution < 1.29 is 13.9 Å². The summed E-state index contributed by atoms with van der Waals surface area (Å²) in [5, 5.41) is 4.71. The Morgan fingerprint density at radius 3 is 2.91 bits per heavy atom. The fraction of sp³-hybridized carbons (Fsp3) is 0.333. The lowest BCUT2D eigenvalue weighted by atomic mass is 9.97. The van der Waals surface area contributed by atoms with E-state index >= 15 is 0 Å². The Labute approximate surface area is 194 Å². The summed E-state index contributed by atoms with van der Waals surface area (Å²) in [4.78, 5) is 22.9. The molecule has 2 aromatic carbocycles. The number of amides is 1. The average Bonchev–Trinajstić information content (AvgIpc) is 3.45. The van der Waals surface area contributed by atoms with Crippen LogP contribution in [0.3, 0.4) is 0 Å². The molecule has 9 heteroatoms. The van der Waals surface area contributed by atoms with Crippen molar-refractivity contribution in [2.75, 3.05) is 18.4 Å². The molecule has 1 aliphatic rings. The van der Waals surface area contributed by atoms with Gasteiger partial charge in [-0.05, 0) is 68.6 Å². The number of anilines is 2. The first-order valence-electron chi connectivity index (χ1n) is 10.8. The van der Waals surface area contributed by atoms with E-state index in [-0.39, 0.29) is 17.8 Å². The molecule has 0 aliphatic carbocycles. The fourth-order valence-electron chi connectivity index (χ4n) is 4.08. The molecule has 1 unspecified atom stereocenters. The second kappa shape index (κ2) is 8.22. The molecular formula is C24H24FN5O2S. The first-order valence-corrected chi connectivity index (χ1v) is 11.6. The molecule has 2 aromatic heterocycles. The number of ether oxygens (including phenoxy) is 1. The summed E-state index contributed by atoms with van der Waals surface area (Å²) in [5.41, 5.74) is 1.67. The van der Waals surface area contributed by atoms with Crippen LogP contribution in [0.1, 0.15) is 38.7 Å². The quantitative estimate of drug-likeness (QED) is 0.409. The Balaban J connectivity index is 1.42. The van der Waals surface area contributed by atoms with Crippen molar-refractivity contribution in [2.45, 2.75) is 38.7 Å². The van der Waals surface area contributed by atoms with E-state index in [1.807, 2.05) is 45.0 Å². The van der Waals surface area contributed by atoms with Gasteiger partial charge in [0.25, 0.3) is 0 Å². The van der Waals surface area contributed by atoms with E-state index in [4.69, 9.17) is 4.74 Å². The van der Waals surface area contributed by atoms with E-state index in [1.54, 1.807) is 17.2 Å². The molecule has 1 fully saturated rings. The number of fused-ring (bicyclic) bond motifs is 2. The molecule has 4 aromatic rings. The highest BCUT2D eigenvalue weighted by Crippen LogP contribution is 2.34. The van der Waals surface area contributed by atoms with E-state index in [1.165, 1.54) is 6.33 Å². The summed E-state index contributed by atoms with van der Waals surface area (Å²) >= 11 is 1.13. The highest BCUT2D eigenvalue weighted by molar-refractivity contribution is 7.13. The number of carbonyl (C=O) groups excluding carboxylic acids is 1. The van der Waals surface area contributed by atoms with Gasteiger partial charge in [0, 0.05) is 36.0 Å². The van der Waals surface area contributed by atoms with Crippen LogP contribution < -0.4 is 5.32 Å². The number of halogens is 1. The molecule has 1 N–H and O–H groups in total. The number of hydrogen-bond acceptors (Lipinski definition) is 7. The summed E-state index contributed by atoms with van der Waals surface area (Å²) in [6.45, 7) is 6.84. The first-order chi connectivity index (χ1) is 15.8. The normalized spacial score (nSPS) is 16.5. The summed E-state index contributed by atoms with van der Waals surface area (Å²) in [5.74, 6) is 0.369. The second-order valence-corrected chi connectivity index (χ2v) is 10.0. The Hall–Kier alpha value is -3.33.